The number of carbonyl (C=O) groups is 2. The van der Waals surface area contributed by atoms with E-state index in [9.17, 15) is 9.59 Å². The maximum Gasteiger partial charge on any atom is 0.337 e. The zero-order valence-electron chi connectivity index (χ0n) is 26.4. The van der Waals surface area contributed by atoms with Crippen molar-refractivity contribution in [3.63, 3.8) is 0 Å². The highest BCUT2D eigenvalue weighted by Gasteiger charge is 2.21. The van der Waals surface area contributed by atoms with E-state index in [-0.39, 0.29) is 18.0 Å². The second kappa shape index (κ2) is 18.3. The summed E-state index contributed by atoms with van der Waals surface area (Å²) in [6.45, 7) is 2.75. The van der Waals surface area contributed by atoms with Gasteiger partial charge in [-0.3, -0.25) is 9.69 Å². The molecule has 6 nitrogen and oxygen atoms in total. The van der Waals surface area contributed by atoms with Gasteiger partial charge in [0.25, 0.3) is 0 Å². The zero-order chi connectivity index (χ0) is 31.9. The Bertz CT molecular complexity index is 1410. The number of benzene rings is 3. The number of rotatable bonds is 17. The smallest absolute Gasteiger partial charge is 0.337 e. The minimum atomic E-state index is -0.346. The van der Waals surface area contributed by atoms with Crippen LogP contribution in [0, 0.1) is 0 Å². The van der Waals surface area contributed by atoms with E-state index in [2.05, 4.69) is 59.5 Å². The number of esters is 2. The summed E-state index contributed by atoms with van der Waals surface area (Å²) in [5.41, 5.74) is 6.63. The van der Waals surface area contributed by atoms with Crippen LogP contribution in [-0.2, 0) is 45.0 Å². The Labute approximate surface area is 272 Å². The van der Waals surface area contributed by atoms with Crippen molar-refractivity contribution >= 4 is 23.5 Å². The van der Waals surface area contributed by atoms with Gasteiger partial charge in [0.1, 0.15) is 0 Å². The van der Waals surface area contributed by atoms with Gasteiger partial charge in [0.15, 0.2) is 0 Å². The van der Waals surface area contributed by atoms with Crippen LogP contribution in [0.4, 0.5) is 0 Å². The number of hydrogen-bond donors (Lipinski definition) is 0. The summed E-state index contributed by atoms with van der Waals surface area (Å²) in [7, 11) is 2.81. The molecule has 4 rings (SSSR count). The lowest BCUT2D eigenvalue weighted by Crippen LogP contribution is -2.36. The van der Waals surface area contributed by atoms with Crippen LogP contribution in [0.1, 0.15) is 64.7 Å². The maximum absolute atomic E-state index is 11.9. The highest BCUT2D eigenvalue weighted by Crippen LogP contribution is 2.22. The Balaban J connectivity index is 1.41. The fourth-order valence-electron chi connectivity index (χ4n) is 5.40. The summed E-state index contributed by atoms with van der Waals surface area (Å²) in [4.78, 5) is 26.0. The summed E-state index contributed by atoms with van der Waals surface area (Å²) in [5, 5.41) is 0.761. The molecule has 0 spiro atoms. The van der Waals surface area contributed by atoms with Gasteiger partial charge in [-0.15, -0.1) is 0 Å². The Morgan fingerprint density at radius 2 is 1.47 bits per heavy atom. The van der Waals surface area contributed by atoms with Gasteiger partial charge in [-0.25, -0.2) is 4.79 Å². The summed E-state index contributed by atoms with van der Waals surface area (Å²) in [5.74, 6) is -0.530. The highest BCUT2D eigenvalue weighted by molar-refractivity contribution is 6.30. The average Bonchev–Trinajstić information content (AvgIpc) is 3.08. The minimum Gasteiger partial charge on any atom is -0.469 e. The molecule has 0 heterocycles. The van der Waals surface area contributed by atoms with Crippen molar-refractivity contribution < 1.29 is 23.8 Å². The van der Waals surface area contributed by atoms with Crippen molar-refractivity contribution in [3.05, 3.63) is 129 Å². The molecule has 0 amide bonds. The van der Waals surface area contributed by atoms with E-state index >= 15 is 0 Å². The van der Waals surface area contributed by atoms with Crippen LogP contribution in [-0.4, -0.2) is 50.3 Å². The van der Waals surface area contributed by atoms with Gasteiger partial charge in [0.05, 0.1) is 32.5 Å². The first-order valence-electron chi connectivity index (χ1n) is 15.7. The molecule has 3 aromatic carbocycles. The van der Waals surface area contributed by atoms with Gasteiger partial charge in [-0.05, 0) is 97.2 Å². The van der Waals surface area contributed by atoms with Crippen LogP contribution in [0.2, 0.25) is 5.02 Å². The van der Waals surface area contributed by atoms with E-state index < -0.39 is 0 Å². The van der Waals surface area contributed by atoms with Gasteiger partial charge >= 0.3 is 11.9 Å². The topological polar surface area (TPSA) is 65.1 Å². The van der Waals surface area contributed by atoms with Gasteiger partial charge in [0.2, 0.25) is 0 Å². The van der Waals surface area contributed by atoms with Crippen LogP contribution >= 0.6 is 11.6 Å². The normalized spacial score (nSPS) is 13.4. The molecule has 0 aliphatic heterocycles. The largest absolute Gasteiger partial charge is 0.469 e. The SMILES string of the molecule is COC(=O)CCCCN(Cc1ccc(C(=O)OC)cc1)C[C@H](OCc1ccc(CCc2ccc(Cl)cc2)cc1)C1=CC=CCC1. The number of allylic oxidation sites excluding steroid dienone is 3. The third kappa shape index (κ3) is 11.6. The number of unbranched alkanes of at least 4 members (excludes halogenated alkanes) is 1. The Hall–Kier alpha value is -3.71. The van der Waals surface area contributed by atoms with E-state index in [4.69, 9.17) is 25.8 Å². The first kappa shape index (κ1) is 34.2. The van der Waals surface area contributed by atoms with Crippen molar-refractivity contribution in [1.29, 1.82) is 0 Å². The van der Waals surface area contributed by atoms with Gasteiger partial charge in [0, 0.05) is 24.5 Å². The van der Waals surface area contributed by atoms with Crippen molar-refractivity contribution in [2.45, 2.75) is 64.2 Å². The molecule has 238 valence electrons. The fraction of sp³-hybridized carbons (Fsp3) is 0.368. The van der Waals surface area contributed by atoms with Gasteiger partial charge < -0.3 is 14.2 Å². The molecule has 0 unspecified atom stereocenters. The quantitative estimate of drug-likeness (QED) is 0.112. The summed E-state index contributed by atoms with van der Waals surface area (Å²) in [6.07, 6.45) is 12.4. The van der Waals surface area contributed by atoms with Gasteiger partial charge in [-0.1, -0.05) is 78.4 Å². The third-order valence-electron chi connectivity index (χ3n) is 8.09. The fourth-order valence-corrected chi connectivity index (χ4v) is 5.53. The zero-order valence-corrected chi connectivity index (χ0v) is 27.1. The van der Waals surface area contributed by atoms with Crippen LogP contribution in [0.15, 0.2) is 96.6 Å². The first-order valence-corrected chi connectivity index (χ1v) is 16.1. The average molecular weight is 630 g/mol. The number of aryl methyl sites for hydroxylation is 2. The molecule has 0 bridgehead atoms. The molecule has 1 atom stereocenters. The van der Waals surface area contributed by atoms with E-state index in [1.54, 1.807) is 12.1 Å². The van der Waals surface area contributed by atoms with Crippen molar-refractivity contribution in [3.8, 4) is 0 Å². The molecule has 1 aliphatic rings. The Morgan fingerprint density at radius 1 is 0.822 bits per heavy atom. The van der Waals surface area contributed by atoms with E-state index in [0.717, 1.165) is 67.8 Å². The Kier molecular flexibility index (Phi) is 13.9. The predicted molar refractivity (Wildman–Crippen MR) is 179 cm³/mol. The molecule has 0 fully saturated rings. The van der Waals surface area contributed by atoms with Crippen molar-refractivity contribution in [2.75, 3.05) is 27.3 Å². The van der Waals surface area contributed by atoms with E-state index in [1.807, 2.05) is 24.3 Å². The number of nitrogens with zero attached hydrogens (tertiary/aromatic N) is 1. The minimum absolute atomic E-state index is 0.0746. The third-order valence-corrected chi connectivity index (χ3v) is 8.34. The van der Waals surface area contributed by atoms with Crippen molar-refractivity contribution in [2.24, 2.45) is 0 Å². The number of ether oxygens (including phenoxy) is 3. The predicted octanol–water partition coefficient (Wildman–Crippen LogP) is 7.92. The molecule has 0 aromatic heterocycles. The second-order valence-corrected chi connectivity index (χ2v) is 11.8. The van der Waals surface area contributed by atoms with Crippen molar-refractivity contribution in [1.82, 2.24) is 4.90 Å². The molecular formula is C38H44ClNO5. The molecule has 0 radical (unpaired) electrons. The lowest BCUT2D eigenvalue weighted by atomic mass is 9.98. The summed E-state index contributed by atoms with van der Waals surface area (Å²) < 4.78 is 16.3. The molecule has 0 saturated heterocycles. The van der Waals surface area contributed by atoms with E-state index in [1.165, 1.54) is 30.9 Å². The summed E-state index contributed by atoms with van der Waals surface area (Å²) in [6, 6.07) is 24.3. The van der Waals surface area contributed by atoms with Gasteiger partial charge in [-0.2, -0.15) is 0 Å². The molecule has 0 N–H and O–H groups in total. The van der Waals surface area contributed by atoms with E-state index in [0.29, 0.717) is 25.1 Å². The number of methoxy groups -OCH3 is 2. The monoisotopic (exact) mass is 629 g/mol. The second-order valence-electron chi connectivity index (χ2n) is 11.4. The van der Waals surface area contributed by atoms with Crippen LogP contribution in [0.3, 0.4) is 0 Å². The molecular weight excluding hydrogens is 586 g/mol. The number of halogens is 1. The highest BCUT2D eigenvalue weighted by atomic mass is 35.5. The lowest BCUT2D eigenvalue weighted by molar-refractivity contribution is -0.140. The molecule has 45 heavy (non-hydrogen) atoms. The molecule has 7 heteroatoms. The molecule has 3 aromatic rings. The summed E-state index contributed by atoms with van der Waals surface area (Å²) >= 11 is 6.02. The number of carbonyl (C=O) groups excluding carboxylic acids is 2. The Morgan fingerprint density at radius 3 is 2.09 bits per heavy atom. The number of hydrogen-bond acceptors (Lipinski definition) is 6. The first-order chi connectivity index (χ1) is 21.9. The molecule has 0 saturated carbocycles. The lowest BCUT2D eigenvalue weighted by Gasteiger charge is -2.30. The van der Waals surface area contributed by atoms with Crippen LogP contribution in [0.25, 0.3) is 0 Å². The molecule has 1 aliphatic carbocycles. The van der Waals surface area contributed by atoms with Crippen LogP contribution < -0.4 is 0 Å². The maximum atomic E-state index is 11.9. The standard InChI is InChI=1S/C38H44ClNO5/c1-43-37(41)10-6-7-25-40(26-31-17-21-34(22-18-31)38(42)44-2)27-36(33-8-4-3-5-9-33)45-28-32-15-13-29(14-16-32)11-12-30-19-23-35(39)24-20-30/h3-4,8,13-24,36H,5-7,9-12,25-28H2,1-2H3/t36-/m0/s1. The van der Waals surface area contributed by atoms with Crippen LogP contribution in [0.5, 0.6) is 0 Å².